The van der Waals surface area contributed by atoms with Gasteiger partial charge in [0.25, 0.3) is 11.8 Å². The molecule has 0 fully saturated rings. The van der Waals surface area contributed by atoms with Gasteiger partial charge in [-0.15, -0.1) is 0 Å². The summed E-state index contributed by atoms with van der Waals surface area (Å²) in [5.74, 6) is -1.12. The number of carbonyl (C=O) groups is 3. The van der Waals surface area contributed by atoms with E-state index < -0.39 is 18.0 Å². The summed E-state index contributed by atoms with van der Waals surface area (Å²) in [7, 11) is 1.66. The summed E-state index contributed by atoms with van der Waals surface area (Å²) in [5.41, 5.74) is 1.76. The first-order valence-electron chi connectivity index (χ1n) is 9.39. The molecule has 2 amide bonds. The van der Waals surface area contributed by atoms with Crippen molar-refractivity contribution in [3.63, 3.8) is 0 Å². The molecule has 0 aliphatic heterocycles. The molecule has 0 spiro atoms. The van der Waals surface area contributed by atoms with Crippen molar-refractivity contribution in [2.45, 2.75) is 19.6 Å². The highest BCUT2D eigenvalue weighted by atomic mass is 16.5. The molecule has 154 valence electrons. The summed E-state index contributed by atoms with van der Waals surface area (Å²) in [6.45, 7) is 1.96. The van der Waals surface area contributed by atoms with Gasteiger partial charge in [0.2, 0.25) is 0 Å². The summed E-state index contributed by atoms with van der Waals surface area (Å²) < 4.78 is 10.3. The van der Waals surface area contributed by atoms with Crippen LogP contribution in [0.4, 0.5) is 5.69 Å². The predicted octanol–water partition coefficient (Wildman–Crippen LogP) is 3.74. The van der Waals surface area contributed by atoms with E-state index in [9.17, 15) is 14.4 Å². The monoisotopic (exact) mass is 406 g/mol. The SMILES string of the molecule is C[C@@H](OC(=O)c1ccc(NC(=O)c2ccco2)cc1)C(=O)N(C)Cc1ccccc1. The van der Waals surface area contributed by atoms with Gasteiger partial charge in [0.1, 0.15) is 0 Å². The van der Waals surface area contributed by atoms with Crippen molar-refractivity contribution in [1.82, 2.24) is 4.90 Å². The largest absolute Gasteiger partial charge is 0.459 e. The van der Waals surface area contributed by atoms with Crippen molar-refractivity contribution in [3.8, 4) is 0 Å². The van der Waals surface area contributed by atoms with Gasteiger partial charge >= 0.3 is 5.97 Å². The second-order valence-corrected chi connectivity index (χ2v) is 6.74. The third-order valence-electron chi connectivity index (χ3n) is 4.39. The molecular weight excluding hydrogens is 384 g/mol. The number of esters is 1. The van der Waals surface area contributed by atoms with Crippen LogP contribution in [0.15, 0.2) is 77.4 Å². The molecule has 0 saturated carbocycles. The fourth-order valence-electron chi connectivity index (χ4n) is 2.81. The Kier molecular flexibility index (Phi) is 6.64. The molecule has 1 heterocycles. The zero-order valence-electron chi connectivity index (χ0n) is 16.7. The zero-order valence-corrected chi connectivity index (χ0v) is 16.7. The van der Waals surface area contributed by atoms with Crippen LogP contribution in [0.2, 0.25) is 0 Å². The summed E-state index contributed by atoms with van der Waals surface area (Å²) in [6, 6.07) is 18.9. The van der Waals surface area contributed by atoms with Crippen LogP contribution in [-0.4, -0.2) is 35.8 Å². The lowest BCUT2D eigenvalue weighted by Crippen LogP contribution is -2.37. The average molecular weight is 406 g/mol. The molecule has 1 N–H and O–H groups in total. The van der Waals surface area contributed by atoms with Gasteiger partial charge in [-0.2, -0.15) is 0 Å². The number of nitrogens with one attached hydrogen (secondary N) is 1. The Balaban J connectivity index is 1.54. The fourth-order valence-corrected chi connectivity index (χ4v) is 2.81. The maximum Gasteiger partial charge on any atom is 0.338 e. The molecule has 0 aliphatic rings. The molecule has 3 rings (SSSR count). The van der Waals surface area contributed by atoms with Crippen molar-refractivity contribution in [3.05, 3.63) is 89.9 Å². The number of rotatable bonds is 7. The lowest BCUT2D eigenvalue weighted by atomic mass is 10.2. The van der Waals surface area contributed by atoms with Crippen LogP contribution in [0.5, 0.6) is 0 Å². The normalized spacial score (nSPS) is 11.4. The van der Waals surface area contributed by atoms with Crippen LogP contribution in [0, 0.1) is 0 Å². The third-order valence-corrected chi connectivity index (χ3v) is 4.39. The van der Waals surface area contributed by atoms with E-state index in [0.717, 1.165) is 5.56 Å². The van der Waals surface area contributed by atoms with Gasteiger partial charge in [0.15, 0.2) is 11.9 Å². The van der Waals surface area contributed by atoms with Crippen LogP contribution < -0.4 is 5.32 Å². The molecule has 0 radical (unpaired) electrons. The predicted molar refractivity (Wildman–Crippen MR) is 111 cm³/mol. The Morgan fingerprint density at radius 2 is 1.70 bits per heavy atom. The first-order valence-corrected chi connectivity index (χ1v) is 9.39. The highest BCUT2D eigenvalue weighted by Crippen LogP contribution is 2.14. The van der Waals surface area contributed by atoms with Crippen LogP contribution in [-0.2, 0) is 16.1 Å². The fraction of sp³-hybridized carbons (Fsp3) is 0.174. The number of anilines is 1. The first kappa shape index (κ1) is 20.9. The number of ether oxygens (including phenoxy) is 1. The topological polar surface area (TPSA) is 88.8 Å². The number of hydrogen-bond donors (Lipinski definition) is 1. The Morgan fingerprint density at radius 1 is 1.00 bits per heavy atom. The lowest BCUT2D eigenvalue weighted by molar-refractivity contribution is -0.139. The van der Waals surface area contributed by atoms with Crippen molar-refractivity contribution < 1.29 is 23.5 Å². The van der Waals surface area contributed by atoms with E-state index in [-0.39, 0.29) is 17.2 Å². The van der Waals surface area contributed by atoms with E-state index >= 15 is 0 Å². The minimum atomic E-state index is -0.926. The molecule has 2 aromatic carbocycles. The maximum absolute atomic E-state index is 12.5. The summed E-state index contributed by atoms with van der Waals surface area (Å²) in [6.07, 6.45) is 0.484. The highest BCUT2D eigenvalue weighted by Gasteiger charge is 2.22. The van der Waals surface area contributed by atoms with Crippen LogP contribution >= 0.6 is 0 Å². The Labute approximate surface area is 174 Å². The highest BCUT2D eigenvalue weighted by molar-refractivity contribution is 6.02. The number of carbonyl (C=O) groups excluding carboxylic acids is 3. The number of benzene rings is 2. The van der Waals surface area contributed by atoms with Gasteiger partial charge < -0.3 is 19.4 Å². The van der Waals surface area contributed by atoms with E-state index in [2.05, 4.69) is 5.32 Å². The first-order chi connectivity index (χ1) is 14.4. The zero-order chi connectivity index (χ0) is 21.5. The van der Waals surface area contributed by atoms with Crippen LogP contribution in [0.3, 0.4) is 0 Å². The Morgan fingerprint density at radius 3 is 2.33 bits per heavy atom. The minimum Gasteiger partial charge on any atom is -0.459 e. The summed E-state index contributed by atoms with van der Waals surface area (Å²) >= 11 is 0. The van der Waals surface area contributed by atoms with Gasteiger partial charge in [-0.3, -0.25) is 9.59 Å². The molecule has 0 bridgehead atoms. The van der Waals surface area contributed by atoms with E-state index in [0.29, 0.717) is 12.2 Å². The number of hydrogen-bond acceptors (Lipinski definition) is 5. The summed E-state index contributed by atoms with van der Waals surface area (Å²) in [5, 5.41) is 2.66. The molecular formula is C23H22N2O5. The van der Waals surface area contributed by atoms with Gasteiger partial charge in [-0.1, -0.05) is 30.3 Å². The number of amides is 2. The molecule has 0 aliphatic carbocycles. The lowest BCUT2D eigenvalue weighted by Gasteiger charge is -2.21. The minimum absolute atomic E-state index is 0.186. The van der Waals surface area contributed by atoms with Gasteiger partial charge in [0, 0.05) is 19.3 Å². The van der Waals surface area contributed by atoms with Gasteiger partial charge in [-0.05, 0) is 48.9 Å². The number of likely N-dealkylation sites (N-methyl/N-ethyl adjacent to an activating group) is 1. The second-order valence-electron chi connectivity index (χ2n) is 6.74. The maximum atomic E-state index is 12.5. The molecule has 1 atom stereocenters. The van der Waals surface area contributed by atoms with Gasteiger partial charge in [0.05, 0.1) is 11.8 Å². The molecule has 30 heavy (non-hydrogen) atoms. The van der Waals surface area contributed by atoms with Gasteiger partial charge in [-0.25, -0.2) is 4.79 Å². The van der Waals surface area contributed by atoms with E-state index in [1.54, 1.807) is 38.2 Å². The van der Waals surface area contributed by atoms with Crippen molar-refractivity contribution in [1.29, 1.82) is 0 Å². The van der Waals surface area contributed by atoms with E-state index in [1.165, 1.54) is 23.3 Å². The molecule has 0 unspecified atom stereocenters. The van der Waals surface area contributed by atoms with E-state index in [1.807, 2.05) is 30.3 Å². The summed E-state index contributed by atoms with van der Waals surface area (Å²) in [4.78, 5) is 38.3. The van der Waals surface area contributed by atoms with Crippen molar-refractivity contribution in [2.75, 3.05) is 12.4 Å². The van der Waals surface area contributed by atoms with Crippen LogP contribution in [0.25, 0.3) is 0 Å². The third kappa shape index (κ3) is 5.35. The second kappa shape index (κ2) is 9.56. The van der Waals surface area contributed by atoms with E-state index in [4.69, 9.17) is 9.15 Å². The Bertz CT molecular complexity index is 998. The Hall–Kier alpha value is -3.87. The molecule has 1 aromatic heterocycles. The van der Waals surface area contributed by atoms with Crippen molar-refractivity contribution in [2.24, 2.45) is 0 Å². The number of furan rings is 1. The van der Waals surface area contributed by atoms with Crippen molar-refractivity contribution >= 4 is 23.5 Å². The standard InChI is InChI=1S/C23H22N2O5/c1-16(22(27)25(2)15-17-7-4-3-5-8-17)30-23(28)18-10-12-19(13-11-18)24-21(26)20-9-6-14-29-20/h3-14,16H,15H2,1-2H3,(H,24,26)/t16-/m1/s1. The molecule has 7 nitrogen and oxygen atoms in total. The quantitative estimate of drug-likeness (QED) is 0.604. The number of nitrogens with zero attached hydrogens (tertiary/aromatic N) is 1. The van der Waals surface area contributed by atoms with Crippen LogP contribution in [0.1, 0.15) is 33.4 Å². The smallest absolute Gasteiger partial charge is 0.338 e. The molecule has 3 aromatic rings. The molecule has 0 saturated heterocycles. The molecule has 7 heteroatoms. The average Bonchev–Trinajstić information content (AvgIpc) is 3.29.